The van der Waals surface area contributed by atoms with Gasteiger partial charge in [0.2, 0.25) is 0 Å². The van der Waals surface area contributed by atoms with E-state index in [1.807, 2.05) is 12.1 Å². The molecule has 0 saturated carbocycles. The second-order valence-electron chi connectivity index (χ2n) is 9.65. The highest BCUT2D eigenvalue weighted by atomic mass is 19.4. The highest BCUT2D eigenvalue weighted by Gasteiger charge is 2.34. The third kappa shape index (κ3) is 5.97. The fraction of sp³-hybridized carbons (Fsp3) is 0.393. The Hall–Kier alpha value is -3.90. The predicted octanol–water partition coefficient (Wildman–Crippen LogP) is 4.77. The van der Waals surface area contributed by atoms with Crippen molar-refractivity contribution in [2.75, 3.05) is 46.3 Å². The number of alkyl halides is 3. The maximum Gasteiger partial charge on any atom is 0.417 e. The molecule has 212 valence electrons. The highest BCUT2D eigenvalue weighted by Crippen LogP contribution is 2.38. The van der Waals surface area contributed by atoms with Gasteiger partial charge in [-0.2, -0.15) is 28.1 Å². The Morgan fingerprint density at radius 1 is 0.900 bits per heavy atom. The summed E-state index contributed by atoms with van der Waals surface area (Å²) < 4.78 is 60.2. The maximum atomic E-state index is 14.3. The van der Waals surface area contributed by atoms with Crippen molar-refractivity contribution in [1.82, 2.24) is 24.4 Å². The summed E-state index contributed by atoms with van der Waals surface area (Å²) in [5.74, 6) is 0.0639. The SMILES string of the molecule is COCCOc1nc(N)c2nc(OC)n(Cc3ccc(-c4ccc(CN5CCCC5)cc4)c(C(F)(F)F)c3)c2n1. The fourth-order valence-corrected chi connectivity index (χ4v) is 4.91. The van der Waals surface area contributed by atoms with E-state index >= 15 is 0 Å². The summed E-state index contributed by atoms with van der Waals surface area (Å²) in [6, 6.07) is 11.8. The van der Waals surface area contributed by atoms with Crippen molar-refractivity contribution in [3.63, 3.8) is 0 Å². The van der Waals surface area contributed by atoms with Gasteiger partial charge >= 0.3 is 12.2 Å². The molecule has 2 aromatic carbocycles. The molecule has 0 amide bonds. The Morgan fingerprint density at radius 3 is 2.30 bits per heavy atom. The van der Waals surface area contributed by atoms with E-state index in [2.05, 4.69) is 19.9 Å². The smallest absolute Gasteiger partial charge is 0.417 e. The van der Waals surface area contributed by atoms with Crippen LogP contribution in [0.5, 0.6) is 12.0 Å². The average molecular weight is 557 g/mol. The van der Waals surface area contributed by atoms with Gasteiger partial charge in [-0.3, -0.25) is 9.47 Å². The summed E-state index contributed by atoms with van der Waals surface area (Å²) in [5, 5.41) is 0. The number of methoxy groups -OCH3 is 2. The summed E-state index contributed by atoms with van der Waals surface area (Å²) >= 11 is 0. The molecule has 1 aliphatic rings. The molecule has 4 aromatic rings. The molecule has 1 aliphatic heterocycles. The summed E-state index contributed by atoms with van der Waals surface area (Å²) in [6.45, 7) is 3.43. The normalized spacial score (nSPS) is 14.2. The Morgan fingerprint density at radius 2 is 1.62 bits per heavy atom. The molecule has 12 heteroatoms. The first-order chi connectivity index (χ1) is 19.3. The molecule has 5 rings (SSSR count). The van der Waals surface area contributed by atoms with Crippen LogP contribution in [0.25, 0.3) is 22.3 Å². The zero-order chi connectivity index (χ0) is 28.3. The molecule has 9 nitrogen and oxygen atoms in total. The molecule has 0 radical (unpaired) electrons. The lowest BCUT2D eigenvalue weighted by atomic mass is 9.96. The van der Waals surface area contributed by atoms with Gasteiger partial charge in [-0.05, 0) is 54.3 Å². The second-order valence-corrected chi connectivity index (χ2v) is 9.65. The molecule has 0 atom stereocenters. The second kappa shape index (κ2) is 11.7. The van der Waals surface area contributed by atoms with Crippen LogP contribution in [0.3, 0.4) is 0 Å². The first-order valence-corrected chi connectivity index (χ1v) is 13.0. The Bertz CT molecular complexity index is 1470. The third-order valence-corrected chi connectivity index (χ3v) is 6.87. The monoisotopic (exact) mass is 556 g/mol. The number of halogens is 3. The predicted molar refractivity (Wildman–Crippen MR) is 144 cm³/mol. The van der Waals surface area contributed by atoms with E-state index in [4.69, 9.17) is 19.9 Å². The van der Waals surface area contributed by atoms with E-state index in [9.17, 15) is 13.2 Å². The minimum Gasteiger partial charge on any atom is -0.468 e. The number of imidazole rings is 1. The van der Waals surface area contributed by atoms with E-state index < -0.39 is 11.7 Å². The molecular weight excluding hydrogens is 525 g/mol. The van der Waals surface area contributed by atoms with Gasteiger partial charge in [0, 0.05) is 13.7 Å². The van der Waals surface area contributed by atoms with Crippen molar-refractivity contribution in [1.29, 1.82) is 0 Å². The molecule has 0 unspecified atom stereocenters. The summed E-state index contributed by atoms with van der Waals surface area (Å²) in [5.41, 5.74) is 7.98. The number of hydrogen-bond donors (Lipinski definition) is 1. The number of anilines is 1. The third-order valence-electron chi connectivity index (χ3n) is 6.87. The van der Waals surface area contributed by atoms with Crippen molar-refractivity contribution in [3.8, 4) is 23.1 Å². The van der Waals surface area contributed by atoms with Crippen LogP contribution in [-0.2, 0) is 24.0 Å². The standard InChI is InChI=1S/C28H31F3N6O3/c1-38-13-14-40-26-34-24(32)23-25(35-26)37(27(33-23)39-2)17-19-7-10-21(22(15-19)28(29,30)31)20-8-5-18(6-9-20)16-36-11-3-4-12-36/h5-10,15H,3-4,11-14,16-17H2,1-2H3,(H2,32,34,35). The first kappa shape index (κ1) is 27.7. The van der Waals surface area contributed by atoms with Crippen molar-refractivity contribution >= 4 is 17.0 Å². The van der Waals surface area contributed by atoms with Crippen molar-refractivity contribution in [3.05, 3.63) is 59.2 Å². The van der Waals surface area contributed by atoms with E-state index in [-0.39, 0.29) is 47.7 Å². The number of likely N-dealkylation sites (tertiary alicyclic amines) is 1. The Kier molecular flexibility index (Phi) is 8.08. The number of aromatic nitrogens is 4. The molecule has 1 saturated heterocycles. The number of ether oxygens (including phenoxy) is 3. The lowest BCUT2D eigenvalue weighted by molar-refractivity contribution is -0.137. The fourth-order valence-electron chi connectivity index (χ4n) is 4.91. The highest BCUT2D eigenvalue weighted by molar-refractivity contribution is 5.83. The number of nitrogen functional groups attached to an aromatic ring is 1. The molecule has 2 N–H and O–H groups in total. The zero-order valence-electron chi connectivity index (χ0n) is 22.4. The van der Waals surface area contributed by atoms with Gasteiger partial charge in [0.15, 0.2) is 17.0 Å². The molecule has 3 heterocycles. The molecule has 0 bridgehead atoms. The summed E-state index contributed by atoms with van der Waals surface area (Å²) in [6.07, 6.45) is -2.19. The zero-order valence-corrected chi connectivity index (χ0v) is 22.4. The van der Waals surface area contributed by atoms with Crippen molar-refractivity contribution in [2.45, 2.75) is 32.1 Å². The quantitative estimate of drug-likeness (QED) is 0.279. The Balaban J connectivity index is 1.46. The van der Waals surface area contributed by atoms with Gasteiger partial charge in [-0.25, -0.2) is 0 Å². The number of nitrogens with zero attached hydrogens (tertiary/aromatic N) is 5. The van der Waals surface area contributed by atoms with Gasteiger partial charge in [-0.15, -0.1) is 0 Å². The van der Waals surface area contributed by atoms with Gasteiger partial charge in [0.1, 0.15) is 6.61 Å². The minimum absolute atomic E-state index is 0.00496. The van der Waals surface area contributed by atoms with E-state index in [1.54, 1.807) is 22.8 Å². The van der Waals surface area contributed by atoms with Crippen LogP contribution in [0.15, 0.2) is 42.5 Å². The number of rotatable bonds is 10. The average Bonchev–Trinajstić information content (AvgIpc) is 3.57. The first-order valence-electron chi connectivity index (χ1n) is 13.0. The minimum atomic E-state index is -4.56. The van der Waals surface area contributed by atoms with Crippen molar-refractivity contribution < 1.29 is 27.4 Å². The molecule has 2 aromatic heterocycles. The molecule has 0 spiro atoms. The van der Waals surface area contributed by atoms with Gasteiger partial charge < -0.3 is 19.9 Å². The van der Waals surface area contributed by atoms with E-state index in [0.29, 0.717) is 17.7 Å². The van der Waals surface area contributed by atoms with Crippen LogP contribution >= 0.6 is 0 Å². The van der Waals surface area contributed by atoms with E-state index in [1.165, 1.54) is 33.1 Å². The van der Waals surface area contributed by atoms with Gasteiger partial charge in [0.25, 0.3) is 6.01 Å². The Labute approximate surface area is 229 Å². The molecule has 1 fully saturated rings. The largest absolute Gasteiger partial charge is 0.468 e. The van der Waals surface area contributed by atoms with Crippen LogP contribution in [0.4, 0.5) is 19.0 Å². The topological polar surface area (TPSA) is 101 Å². The summed E-state index contributed by atoms with van der Waals surface area (Å²) in [4.78, 5) is 15.2. The van der Waals surface area contributed by atoms with Crippen LogP contribution < -0.4 is 15.2 Å². The lowest BCUT2D eigenvalue weighted by Crippen LogP contribution is -2.18. The number of benzene rings is 2. The van der Waals surface area contributed by atoms with Crippen molar-refractivity contribution in [2.24, 2.45) is 0 Å². The number of nitrogens with two attached hydrogens (primary N) is 1. The number of fused-ring (bicyclic) bond motifs is 1. The van der Waals surface area contributed by atoms with E-state index in [0.717, 1.165) is 31.3 Å². The van der Waals surface area contributed by atoms with Crippen LogP contribution in [-0.4, -0.2) is 64.9 Å². The molecule has 0 aliphatic carbocycles. The molecular formula is C28H31F3N6O3. The van der Waals surface area contributed by atoms with Crippen LogP contribution in [0, 0.1) is 0 Å². The van der Waals surface area contributed by atoms with Crippen LogP contribution in [0.1, 0.15) is 29.5 Å². The van der Waals surface area contributed by atoms with Gasteiger partial charge in [0.05, 0.1) is 25.8 Å². The maximum absolute atomic E-state index is 14.3. The van der Waals surface area contributed by atoms with Gasteiger partial charge in [-0.1, -0.05) is 36.4 Å². The molecule has 40 heavy (non-hydrogen) atoms. The van der Waals surface area contributed by atoms with Crippen LogP contribution in [0.2, 0.25) is 0 Å². The summed E-state index contributed by atoms with van der Waals surface area (Å²) in [7, 11) is 2.95. The number of hydrogen-bond acceptors (Lipinski definition) is 8. The lowest BCUT2D eigenvalue weighted by Gasteiger charge is -2.17.